The summed E-state index contributed by atoms with van der Waals surface area (Å²) in [5.74, 6) is 0.932. The van der Waals surface area contributed by atoms with Crippen molar-refractivity contribution in [3.05, 3.63) is 90.4 Å². The van der Waals surface area contributed by atoms with Crippen LogP contribution >= 0.6 is 0 Å². The third-order valence-corrected chi connectivity index (χ3v) is 5.08. The predicted molar refractivity (Wildman–Crippen MR) is 126 cm³/mol. The van der Waals surface area contributed by atoms with Gasteiger partial charge < -0.3 is 14.2 Å². The first-order chi connectivity index (χ1) is 16.2. The first kappa shape index (κ1) is 21.8. The van der Waals surface area contributed by atoms with E-state index in [9.17, 15) is 4.79 Å². The van der Waals surface area contributed by atoms with Crippen LogP contribution in [0.3, 0.4) is 0 Å². The van der Waals surface area contributed by atoms with Crippen LogP contribution in [-0.2, 0) is 0 Å². The van der Waals surface area contributed by atoms with Gasteiger partial charge in [0.05, 0.1) is 32.6 Å². The maximum atomic E-state index is 13.1. The van der Waals surface area contributed by atoms with Gasteiger partial charge in [-0.3, -0.25) is 9.78 Å². The SMILES string of the molecule is COc1ccc(C(=O)/C=C/c2cn(-c3ccccc3)nc2-c2cccnc2)c(OC)c1OC. The summed E-state index contributed by atoms with van der Waals surface area (Å²) in [4.78, 5) is 17.3. The maximum absolute atomic E-state index is 13.1. The molecule has 0 unspecified atom stereocenters. The fourth-order valence-corrected chi connectivity index (χ4v) is 3.50. The Hall–Kier alpha value is -4.39. The zero-order valence-corrected chi connectivity index (χ0v) is 18.6. The summed E-state index contributed by atoms with van der Waals surface area (Å²) in [6.45, 7) is 0. The summed E-state index contributed by atoms with van der Waals surface area (Å²) in [7, 11) is 4.52. The van der Waals surface area contributed by atoms with E-state index in [4.69, 9.17) is 19.3 Å². The smallest absolute Gasteiger partial charge is 0.204 e. The van der Waals surface area contributed by atoms with Crippen molar-refractivity contribution in [2.75, 3.05) is 21.3 Å². The number of para-hydroxylation sites is 1. The number of benzene rings is 2. The van der Waals surface area contributed by atoms with Crippen LogP contribution in [0.25, 0.3) is 23.0 Å². The van der Waals surface area contributed by atoms with E-state index in [2.05, 4.69) is 4.98 Å². The third-order valence-electron chi connectivity index (χ3n) is 5.08. The van der Waals surface area contributed by atoms with Crippen LogP contribution in [0.5, 0.6) is 17.2 Å². The molecule has 0 saturated carbocycles. The summed E-state index contributed by atoms with van der Waals surface area (Å²) in [6, 6.07) is 16.9. The van der Waals surface area contributed by atoms with Crippen LogP contribution in [0.2, 0.25) is 0 Å². The van der Waals surface area contributed by atoms with Gasteiger partial charge in [0, 0.05) is 29.7 Å². The molecule has 0 aliphatic heterocycles. The van der Waals surface area contributed by atoms with Gasteiger partial charge in [0.25, 0.3) is 0 Å². The number of carbonyl (C=O) groups is 1. The molecule has 166 valence electrons. The lowest BCUT2D eigenvalue weighted by atomic mass is 10.1. The average molecular weight is 441 g/mol. The number of methoxy groups -OCH3 is 3. The first-order valence-corrected chi connectivity index (χ1v) is 10.2. The van der Waals surface area contributed by atoms with Gasteiger partial charge in [-0.2, -0.15) is 5.10 Å². The van der Waals surface area contributed by atoms with Crippen molar-refractivity contribution in [3.8, 4) is 34.2 Å². The van der Waals surface area contributed by atoms with E-state index in [1.54, 1.807) is 35.3 Å². The standard InChI is InChI=1S/C26H23N3O4/c1-31-23-14-12-21(25(32-2)26(23)33-3)22(30)13-11-19-17-29(20-9-5-4-6-10-20)28-24(19)18-8-7-15-27-16-18/h4-17H,1-3H3/b13-11+. The van der Waals surface area contributed by atoms with E-state index >= 15 is 0 Å². The number of pyridine rings is 1. The van der Waals surface area contributed by atoms with E-state index in [1.807, 2.05) is 48.7 Å². The Kier molecular flexibility index (Phi) is 6.50. The van der Waals surface area contributed by atoms with Gasteiger partial charge in [-0.25, -0.2) is 4.68 Å². The summed E-state index contributed by atoms with van der Waals surface area (Å²) < 4.78 is 17.9. The molecule has 2 aromatic heterocycles. The van der Waals surface area contributed by atoms with Crippen LogP contribution in [0.1, 0.15) is 15.9 Å². The lowest BCUT2D eigenvalue weighted by Crippen LogP contribution is -2.02. The highest BCUT2D eigenvalue weighted by atomic mass is 16.5. The normalized spacial score (nSPS) is 10.9. The van der Waals surface area contributed by atoms with Gasteiger partial charge in [-0.1, -0.05) is 18.2 Å². The minimum Gasteiger partial charge on any atom is -0.493 e. The second-order valence-electron chi connectivity index (χ2n) is 7.03. The van der Waals surface area contributed by atoms with Gasteiger partial charge in [0.1, 0.15) is 5.69 Å². The number of allylic oxidation sites excluding steroid dienone is 1. The molecule has 0 aliphatic rings. The van der Waals surface area contributed by atoms with Crippen molar-refractivity contribution >= 4 is 11.9 Å². The molecule has 7 nitrogen and oxygen atoms in total. The molecule has 4 aromatic rings. The lowest BCUT2D eigenvalue weighted by molar-refractivity contribution is 0.104. The van der Waals surface area contributed by atoms with Crippen molar-refractivity contribution in [2.45, 2.75) is 0 Å². The fraction of sp³-hybridized carbons (Fsp3) is 0.115. The van der Waals surface area contributed by atoms with Gasteiger partial charge in [0.15, 0.2) is 17.3 Å². The second kappa shape index (κ2) is 9.82. The molecule has 0 amide bonds. The first-order valence-electron chi connectivity index (χ1n) is 10.2. The molecule has 0 spiro atoms. The highest BCUT2D eigenvalue weighted by Gasteiger charge is 2.19. The molecule has 33 heavy (non-hydrogen) atoms. The van der Waals surface area contributed by atoms with Crippen LogP contribution in [-0.4, -0.2) is 41.9 Å². The molecule has 0 radical (unpaired) electrons. The number of ketones is 1. The summed E-state index contributed by atoms with van der Waals surface area (Å²) in [6.07, 6.45) is 8.57. The van der Waals surface area contributed by atoms with Crippen LogP contribution in [0, 0.1) is 0 Å². The Morgan fingerprint density at radius 2 is 1.70 bits per heavy atom. The molecule has 0 N–H and O–H groups in total. The van der Waals surface area contributed by atoms with Gasteiger partial charge in [-0.05, 0) is 48.6 Å². The Bertz CT molecular complexity index is 1280. The molecule has 0 fully saturated rings. The summed E-state index contributed by atoms with van der Waals surface area (Å²) in [5.41, 5.74) is 3.62. The number of hydrogen-bond donors (Lipinski definition) is 0. The predicted octanol–water partition coefficient (Wildman–Crippen LogP) is 4.86. The number of ether oxygens (including phenoxy) is 3. The van der Waals surface area contributed by atoms with Crippen LogP contribution < -0.4 is 14.2 Å². The van der Waals surface area contributed by atoms with Crippen molar-refractivity contribution < 1.29 is 19.0 Å². The lowest BCUT2D eigenvalue weighted by Gasteiger charge is -2.14. The topological polar surface area (TPSA) is 75.5 Å². The Morgan fingerprint density at radius 1 is 0.909 bits per heavy atom. The molecule has 0 bridgehead atoms. The number of nitrogens with zero attached hydrogens (tertiary/aromatic N) is 3. The molecule has 4 rings (SSSR count). The van der Waals surface area contributed by atoms with Gasteiger partial charge >= 0.3 is 0 Å². The molecule has 2 aromatic carbocycles. The zero-order valence-electron chi connectivity index (χ0n) is 18.6. The number of aromatic nitrogens is 3. The maximum Gasteiger partial charge on any atom is 0.204 e. The van der Waals surface area contributed by atoms with Crippen molar-refractivity contribution in [1.29, 1.82) is 0 Å². The number of rotatable bonds is 8. The Balaban J connectivity index is 1.74. The van der Waals surface area contributed by atoms with Gasteiger partial charge in [0.2, 0.25) is 5.75 Å². The van der Waals surface area contributed by atoms with E-state index in [-0.39, 0.29) is 5.78 Å². The minimum atomic E-state index is -0.239. The van der Waals surface area contributed by atoms with Crippen molar-refractivity contribution in [3.63, 3.8) is 0 Å². The van der Waals surface area contributed by atoms with E-state index in [0.717, 1.165) is 22.5 Å². The summed E-state index contributed by atoms with van der Waals surface area (Å²) >= 11 is 0. The van der Waals surface area contributed by atoms with Crippen molar-refractivity contribution in [1.82, 2.24) is 14.8 Å². The third kappa shape index (κ3) is 4.48. The van der Waals surface area contributed by atoms with Crippen molar-refractivity contribution in [2.24, 2.45) is 0 Å². The average Bonchev–Trinajstić information content (AvgIpc) is 3.31. The molecule has 0 atom stereocenters. The van der Waals surface area contributed by atoms with Gasteiger partial charge in [-0.15, -0.1) is 0 Å². The summed E-state index contributed by atoms with van der Waals surface area (Å²) in [5, 5.41) is 4.74. The fourth-order valence-electron chi connectivity index (χ4n) is 3.50. The molecule has 7 heteroatoms. The zero-order chi connectivity index (χ0) is 23.2. The molecular formula is C26H23N3O4. The molecular weight excluding hydrogens is 418 g/mol. The van der Waals surface area contributed by atoms with Crippen LogP contribution in [0.4, 0.5) is 0 Å². The quantitative estimate of drug-likeness (QED) is 0.287. The number of hydrogen-bond acceptors (Lipinski definition) is 6. The Labute approximate surface area is 191 Å². The van der Waals surface area contributed by atoms with Crippen LogP contribution in [0.15, 0.2) is 79.3 Å². The highest BCUT2D eigenvalue weighted by molar-refractivity contribution is 6.09. The monoisotopic (exact) mass is 441 g/mol. The largest absolute Gasteiger partial charge is 0.493 e. The van der Waals surface area contributed by atoms with E-state index in [0.29, 0.717) is 22.8 Å². The highest BCUT2D eigenvalue weighted by Crippen LogP contribution is 2.40. The second-order valence-corrected chi connectivity index (χ2v) is 7.03. The molecule has 0 saturated heterocycles. The minimum absolute atomic E-state index is 0.239. The Morgan fingerprint density at radius 3 is 2.36 bits per heavy atom. The van der Waals surface area contributed by atoms with E-state index in [1.165, 1.54) is 27.4 Å². The molecule has 2 heterocycles. The molecule has 0 aliphatic carbocycles. The van der Waals surface area contributed by atoms with E-state index < -0.39 is 0 Å². The number of carbonyl (C=O) groups excluding carboxylic acids is 1.